The van der Waals surface area contributed by atoms with E-state index in [2.05, 4.69) is 43.1 Å². The highest BCUT2D eigenvalue weighted by Gasteiger charge is 2.19. The highest BCUT2D eigenvalue weighted by molar-refractivity contribution is 4.79. The van der Waals surface area contributed by atoms with Crippen LogP contribution in [0.1, 0.15) is 33.1 Å². The molecule has 1 aliphatic rings. The van der Waals surface area contributed by atoms with Crippen molar-refractivity contribution >= 4 is 0 Å². The SMILES string of the molecule is CC(C)NC1CCCN(CCCN(C)C)C1. The fourth-order valence-electron chi connectivity index (χ4n) is 2.48. The van der Waals surface area contributed by atoms with Crippen LogP contribution in [0.5, 0.6) is 0 Å². The molecule has 0 aromatic heterocycles. The molecule has 1 saturated heterocycles. The highest BCUT2D eigenvalue weighted by atomic mass is 15.2. The molecule has 1 aliphatic heterocycles. The average molecular weight is 227 g/mol. The number of hydrogen-bond donors (Lipinski definition) is 1. The molecule has 1 unspecified atom stereocenters. The third kappa shape index (κ3) is 5.83. The first-order chi connectivity index (χ1) is 7.58. The zero-order chi connectivity index (χ0) is 12.0. The number of rotatable bonds is 6. The fourth-order valence-corrected chi connectivity index (χ4v) is 2.48. The van der Waals surface area contributed by atoms with E-state index in [9.17, 15) is 0 Å². The van der Waals surface area contributed by atoms with Gasteiger partial charge in [0.05, 0.1) is 0 Å². The Bertz CT molecular complexity index is 180. The summed E-state index contributed by atoms with van der Waals surface area (Å²) in [6, 6.07) is 1.33. The van der Waals surface area contributed by atoms with Crippen molar-refractivity contribution in [2.24, 2.45) is 0 Å². The summed E-state index contributed by atoms with van der Waals surface area (Å²) in [6.07, 6.45) is 4.00. The molecule has 1 N–H and O–H groups in total. The average Bonchev–Trinajstić information content (AvgIpc) is 2.16. The maximum absolute atomic E-state index is 3.66. The molecule has 0 amide bonds. The summed E-state index contributed by atoms with van der Waals surface area (Å²) < 4.78 is 0. The van der Waals surface area contributed by atoms with Gasteiger partial charge in [0.2, 0.25) is 0 Å². The van der Waals surface area contributed by atoms with E-state index in [0.29, 0.717) is 12.1 Å². The van der Waals surface area contributed by atoms with Crippen LogP contribution in [0.2, 0.25) is 0 Å². The molecule has 1 rings (SSSR count). The van der Waals surface area contributed by atoms with Crippen molar-refractivity contribution in [2.45, 2.75) is 45.2 Å². The molecule has 0 aromatic rings. The van der Waals surface area contributed by atoms with Gasteiger partial charge >= 0.3 is 0 Å². The molecule has 0 saturated carbocycles. The Labute approximate surface area is 101 Å². The minimum atomic E-state index is 0.617. The van der Waals surface area contributed by atoms with Crippen LogP contribution in [-0.2, 0) is 0 Å². The van der Waals surface area contributed by atoms with Crippen LogP contribution in [0.3, 0.4) is 0 Å². The van der Waals surface area contributed by atoms with Gasteiger partial charge in [-0.15, -0.1) is 0 Å². The number of likely N-dealkylation sites (tertiary alicyclic amines) is 1. The Morgan fingerprint density at radius 2 is 2.12 bits per heavy atom. The van der Waals surface area contributed by atoms with Crippen LogP contribution in [0.4, 0.5) is 0 Å². The lowest BCUT2D eigenvalue weighted by Crippen LogP contribution is -2.48. The number of hydrogen-bond acceptors (Lipinski definition) is 3. The van der Waals surface area contributed by atoms with E-state index in [4.69, 9.17) is 0 Å². The lowest BCUT2D eigenvalue weighted by Gasteiger charge is -2.34. The maximum Gasteiger partial charge on any atom is 0.0197 e. The smallest absolute Gasteiger partial charge is 0.0197 e. The summed E-state index contributed by atoms with van der Waals surface area (Å²) >= 11 is 0. The molecule has 1 atom stereocenters. The van der Waals surface area contributed by atoms with Gasteiger partial charge in [-0.1, -0.05) is 13.8 Å². The van der Waals surface area contributed by atoms with Gasteiger partial charge in [0.1, 0.15) is 0 Å². The van der Waals surface area contributed by atoms with Crippen LogP contribution in [0, 0.1) is 0 Å². The molecular weight excluding hydrogens is 198 g/mol. The molecule has 16 heavy (non-hydrogen) atoms. The molecule has 3 nitrogen and oxygen atoms in total. The summed E-state index contributed by atoms with van der Waals surface area (Å²) in [7, 11) is 4.30. The molecular formula is C13H29N3. The van der Waals surface area contributed by atoms with E-state index in [-0.39, 0.29) is 0 Å². The predicted octanol–water partition coefficient (Wildman–Crippen LogP) is 1.40. The van der Waals surface area contributed by atoms with E-state index in [1.54, 1.807) is 0 Å². The van der Waals surface area contributed by atoms with Crippen molar-refractivity contribution in [1.82, 2.24) is 15.1 Å². The standard InChI is InChI=1S/C13H29N3/c1-12(2)14-13-7-5-9-16(11-13)10-6-8-15(3)4/h12-14H,5-11H2,1-4H3. The third-order valence-electron chi connectivity index (χ3n) is 3.15. The zero-order valence-electron chi connectivity index (χ0n) is 11.5. The lowest BCUT2D eigenvalue weighted by atomic mass is 10.0. The van der Waals surface area contributed by atoms with E-state index < -0.39 is 0 Å². The number of nitrogens with zero attached hydrogens (tertiary/aromatic N) is 2. The van der Waals surface area contributed by atoms with Crippen LogP contribution in [0.25, 0.3) is 0 Å². The Kier molecular flexibility index (Phi) is 6.32. The molecule has 3 heteroatoms. The first-order valence-corrected chi connectivity index (χ1v) is 6.71. The van der Waals surface area contributed by atoms with Gasteiger partial charge in [-0.2, -0.15) is 0 Å². The number of piperidine rings is 1. The van der Waals surface area contributed by atoms with Crippen molar-refractivity contribution in [1.29, 1.82) is 0 Å². The van der Waals surface area contributed by atoms with Gasteiger partial charge < -0.3 is 15.1 Å². The topological polar surface area (TPSA) is 18.5 Å². The Morgan fingerprint density at radius 1 is 1.38 bits per heavy atom. The van der Waals surface area contributed by atoms with Crippen LogP contribution in [0.15, 0.2) is 0 Å². The van der Waals surface area contributed by atoms with E-state index in [1.165, 1.54) is 45.4 Å². The molecule has 96 valence electrons. The molecule has 0 aromatic carbocycles. The minimum absolute atomic E-state index is 0.617. The summed E-state index contributed by atoms with van der Waals surface area (Å²) in [6.45, 7) is 9.48. The molecule has 0 spiro atoms. The predicted molar refractivity (Wildman–Crippen MR) is 70.9 cm³/mol. The van der Waals surface area contributed by atoms with Gasteiger partial charge in [0.15, 0.2) is 0 Å². The van der Waals surface area contributed by atoms with Crippen molar-refractivity contribution in [2.75, 3.05) is 40.3 Å². The molecule has 1 fully saturated rings. The molecule has 0 aliphatic carbocycles. The first-order valence-electron chi connectivity index (χ1n) is 6.71. The first kappa shape index (κ1) is 13.9. The summed E-state index contributed by atoms with van der Waals surface area (Å²) in [5.41, 5.74) is 0. The maximum atomic E-state index is 3.66. The molecule has 0 bridgehead atoms. The van der Waals surface area contributed by atoms with Crippen molar-refractivity contribution in [3.8, 4) is 0 Å². The normalized spacial score (nSPS) is 23.2. The second-order valence-electron chi connectivity index (χ2n) is 5.62. The quantitative estimate of drug-likeness (QED) is 0.740. The molecule has 0 radical (unpaired) electrons. The Balaban J connectivity index is 2.17. The second kappa shape index (κ2) is 7.25. The van der Waals surface area contributed by atoms with E-state index in [1.807, 2.05) is 0 Å². The van der Waals surface area contributed by atoms with Gasteiger partial charge in [0.25, 0.3) is 0 Å². The summed E-state index contributed by atoms with van der Waals surface area (Å²) in [5, 5.41) is 3.66. The van der Waals surface area contributed by atoms with Crippen molar-refractivity contribution in [3.05, 3.63) is 0 Å². The van der Waals surface area contributed by atoms with Crippen molar-refractivity contribution < 1.29 is 0 Å². The highest BCUT2D eigenvalue weighted by Crippen LogP contribution is 2.11. The summed E-state index contributed by atoms with van der Waals surface area (Å²) in [4.78, 5) is 4.89. The third-order valence-corrected chi connectivity index (χ3v) is 3.15. The largest absolute Gasteiger partial charge is 0.311 e. The number of nitrogens with one attached hydrogen (secondary N) is 1. The monoisotopic (exact) mass is 227 g/mol. The molecule has 1 heterocycles. The van der Waals surface area contributed by atoms with Gasteiger partial charge in [-0.3, -0.25) is 0 Å². The Hall–Kier alpha value is -0.120. The van der Waals surface area contributed by atoms with Gasteiger partial charge in [-0.05, 0) is 53.0 Å². The lowest BCUT2D eigenvalue weighted by molar-refractivity contribution is 0.178. The van der Waals surface area contributed by atoms with E-state index >= 15 is 0 Å². The second-order valence-corrected chi connectivity index (χ2v) is 5.62. The van der Waals surface area contributed by atoms with Crippen LogP contribution < -0.4 is 5.32 Å². The Morgan fingerprint density at radius 3 is 2.75 bits per heavy atom. The fraction of sp³-hybridized carbons (Fsp3) is 1.00. The minimum Gasteiger partial charge on any atom is -0.311 e. The zero-order valence-corrected chi connectivity index (χ0v) is 11.5. The van der Waals surface area contributed by atoms with Gasteiger partial charge in [-0.25, -0.2) is 0 Å². The van der Waals surface area contributed by atoms with Crippen LogP contribution in [-0.4, -0.2) is 62.2 Å². The van der Waals surface area contributed by atoms with Gasteiger partial charge in [0, 0.05) is 18.6 Å². The van der Waals surface area contributed by atoms with E-state index in [0.717, 1.165) is 0 Å². The van der Waals surface area contributed by atoms with Crippen molar-refractivity contribution in [3.63, 3.8) is 0 Å². The van der Waals surface area contributed by atoms with Crippen LogP contribution >= 0.6 is 0 Å². The summed E-state index contributed by atoms with van der Waals surface area (Å²) in [5.74, 6) is 0.